The number of rotatable bonds is 19. The van der Waals surface area contributed by atoms with E-state index < -0.39 is 35.1 Å². The number of nitrogens with one attached hydrogen (secondary N) is 4. The summed E-state index contributed by atoms with van der Waals surface area (Å²) in [5, 5.41) is 34.6. The van der Waals surface area contributed by atoms with Crippen LogP contribution in [0.2, 0.25) is 0 Å². The number of ether oxygens (including phenoxy) is 2. The molecule has 6 aliphatic rings. The summed E-state index contributed by atoms with van der Waals surface area (Å²) in [6.45, 7) is 10.4. The highest BCUT2D eigenvalue weighted by Gasteiger charge is 2.87. The molecule has 4 aliphatic carbocycles. The Kier molecular flexibility index (Phi) is 14.9. The number of Topliss-reactive ketones (excluding diaryl/α,β-unsaturated/α-hetero) is 2. The van der Waals surface area contributed by atoms with Crippen molar-refractivity contribution in [1.82, 2.24) is 21.3 Å². The van der Waals surface area contributed by atoms with Crippen molar-refractivity contribution in [1.29, 1.82) is 0 Å². The van der Waals surface area contributed by atoms with E-state index in [1.165, 1.54) is 5.57 Å². The van der Waals surface area contributed by atoms with Gasteiger partial charge in [-0.2, -0.15) is 0 Å². The van der Waals surface area contributed by atoms with Crippen LogP contribution in [0.5, 0.6) is 0 Å². The second kappa shape index (κ2) is 19.2. The third-order valence-corrected chi connectivity index (χ3v) is 14.2. The Morgan fingerprint density at radius 1 is 1.11 bits per heavy atom. The average Bonchev–Trinajstić information content (AvgIpc) is 3.90. The highest BCUT2D eigenvalue weighted by molar-refractivity contribution is 6.23. The molecule has 2 saturated heterocycles. The smallest absolute Gasteiger partial charge is 0.350 e. The SMILES string of the molecule is CCNC1C=C2C=CCCC2CC1C(CCCO)OC(=O)C12OC1(CC(CO)=C(C)CCC1CCNC(NCNC)C1)C(=O)C1CCCC(CC(C)C)C1C2=O. The number of esters is 1. The summed E-state index contributed by atoms with van der Waals surface area (Å²) in [5.41, 5.74) is -0.747. The number of allylic oxidation sites excluding steroid dienone is 4. The van der Waals surface area contributed by atoms with Gasteiger partial charge in [0.25, 0.3) is 5.60 Å². The summed E-state index contributed by atoms with van der Waals surface area (Å²) in [7, 11) is 1.92. The summed E-state index contributed by atoms with van der Waals surface area (Å²) >= 11 is 0. The van der Waals surface area contributed by atoms with Gasteiger partial charge in [-0.15, -0.1) is 0 Å². The molecule has 0 aromatic rings. The number of hydrogen-bond donors (Lipinski definition) is 6. The maximum Gasteiger partial charge on any atom is 0.350 e. The zero-order valence-corrected chi connectivity index (χ0v) is 34.9. The van der Waals surface area contributed by atoms with Gasteiger partial charge in [-0.05, 0) is 139 Å². The molecule has 11 nitrogen and oxygen atoms in total. The summed E-state index contributed by atoms with van der Waals surface area (Å²) in [5.74, 6) is -1.21. The number of likely N-dealkylation sites (N-methyl/N-ethyl adjacent to an activating group) is 1. The minimum Gasteiger partial charge on any atom is -0.459 e. The second-order valence-electron chi connectivity index (χ2n) is 18.3. The molecule has 4 fully saturated rings. The van der Waals surface area contributed by atoms with Gasteiger partial charge in [0.1, 0.15) is 6.10 Å². The standard InChI is InChI=1S/C45H72N4O7/c1-6-47-37-24-32-12-8-7-11-31(32)23-36(37)38(15-10-20-50)55-43(54)45-42(53)40-33(21-28(2)3)13-9-14-35(40)41(52)44(45,56-45)25-34(26-51)29(4)16-17-30-18-19-48-39(22-30)49-27-46-5/h8,12,24,28,30-31,33,35-40,46-51H,6-7,9-11,13-23,25-27H2,1-5H3. The molecule has 6 rings (SSSR count). The summed E-state index contributed by atoms with van der Waals surface area (Å²) in [6, 6.07) is -0.0457. The maximum absolute atomic E-state index is 15.2. The van der Waals surface area contributed by atoms with Crippen LogP contribution in [0, 0.1) is 41.4 Å². The van der Waals surface area contributed by atoms with E-state index in [-0.39, 0.29) is 55.2 Å². The van der Waals surface area contributed by atoms with E-state index in [0.717, 1.165) is 89.5 Å². The fourth-order valence-corrected chi connectivity index (χ4v) is 11.3. The fourth-order valence-electron chi connectivity index (χ4n) is 11.3. The van der Waals surface area contributed by atoms with E-state index in [0.29, 0.717) is 42.6 Å². The molecule has 56 heavy (non-hydrogen) atoms. The van der Waals surface area contributed by atoms with Gasteiger partial charge in [0.2, 0.25) is 0 Å². The maximum atomic E-state index is 15.2. The van der Waals surface area contributed by atoms with Crippen LogP contribution in [0.1, 0.15) is 118 Å². The lowest BCUT2D eigenvalue weighted by atomic mass is 9.56. The van der Waals surface area contributed by atoms with Crippen molar-refractivity contribution in [2.24, 2.45) is 41.4 Å². The first-order valence-corrected chi connectivity index (χ1v) is 22.1. The van der Waals surface area contributed by atoms with E-state index in [1.54, 1.807) is 0 Å². The summed E-state index contributed by atoms with van der Waals surface area (Å²) in [6.07, 6.45) is 17.0. The Morgan fingerprint density at radius 3 is 2.66 bits per heavy atom. The normalized spacial score (nSPS) is 36.2. The van der Waals surface area contributed by atoms with Crippen LogP contribution < -0.4 is 21.3 Å². The molecule has 11 unspecified atom stereocenters. The number of carbonyl (C=O) groups excluding carboxylic acids is 3. The number of epoxide rings is 1. The monoisotopic (exact) mass is 781 g/mol. The largest absolute Gasteiger partial charge is 0.459 e. The topological polar surface area (TPSA) is 162 Å². The van der Waals surface area contributed by atoms with Gasteiger partial charge in [0.15, 0.2) is 17.2 Å². The van der Waals surface area contributed by atoms with Gasteiger partial charge in [-0.1, -0.05) is 51.0 Å². The molecule has 11 atom stereocenters. The molecule has 11 heteroatoms. The lowest BCUT2D eigenvalue weighted by Crippen LogP contribution is -2.60. The van der Waals surface area contributed by atoms with E-state index in [2.05, 4.69) is 60.3 Å². The molecule has 314 valence electrons. The van der Waals surface area contributed by atoms with Crippen LogP contribution >= 0.6 is 0 Å². The minimum atomic E-state index is -2.03. The molecule has 2 aliphatic heterocycles. The number of hydrogen-bond acceptors (Lipinski definition) is 11. The lowest BCUT2D eigenvalue weighted by Gasteiger charge is -2.43. The summed E-state index contributed by atoms with van der Waals surface area (Å²) in [4.78, 5) is 45.2. The zero-order chi connectivity index (χ0) is 40.0. The van der Waals surface area contributed by atoms with Crippen LogP contribution in [0.25, 0.3) is 0 Å². The summed E-state index contributed by atoms with van der Waals surface area (Å²) < 4.78 is 13.1. The van der Waals surface area contributed by atoms with Crippen molar-refractivity contribution in [3.63, 3.8) is 0 Å². The number of piperidine rings is 1. The molecule has 0 aromatic heterocycles. The molecule has 2 saturated carbocycles. The zero-order valence-electron chi connectivity index (χ0n) is 34.9. The van der Waals surface area contributed by atoms with Crippen LogP contribution in [-0.2, 0) is 23.9 Å². The van der Waals surface area contributed by atoms with E-state index >= 15 is 14.4 Å². The Hall–Kier alpha value is -2.25. The van der Waals surface area contributed by atoms with Gasteiger partial charge in [-0.25, -0.2) is 4.79 Å². The van der Waals surface area contributed by atoms with Gasteiger partial charge < -0.3 is 35.6 Å². The van der Waals surface area contributed by atoms with Gasteiger partial charge in [0, 0.05) is 43.5 Å². The average molecular weight is 781 g/mol. The number of aliphatic hydroxyl groups is 2. The molecule has 6 N–H and O–H groups in total. The first-order valence-electron chi connectivity index (χ1n) is 22.1. The van der Waals surface area contributed by atoms with E-state index in [9.17, 15) is 10.2 Å². The lowest BCUT2D eigenvalue weighted by molar-refractivity contribution is -0.167. The van der Waals surface area contributed by atoms with Crippen molar-refractivity contribution in [2.75, 3.05) is 40.0 Å². The van der Waals surface area contributed by atoms with Crippen molar-refractivity contribution in [3.8, 4) is 0 Å². The molecule has 0 amide bonds. The molecular weight excluding hydrogens is 709 g/mol. The first-order chi connectivity index (χ1) is 27.0. The Morgan fingerprint density at radius 2 is 1.93 bits per heavy atom. The third-order valence-electron chi connectivity index (χ3n) is 14.2. The van der Waals surface area contributed by atoms with Crippen LogP contribution in [-0.4, -0.2) is 97.3 Å². The number of fused-ring (bicyclic) bond motifs is 3. The van der Waals surface area contributed by atoms with Gasteiger partial charge in [0.05, 0.1) is 12.8 Å². The van der Waals surface area contributed by atoms with Crippen molar-refractivity contribution >= 4 is 17.5 Å². The second-order valence-corrected chi connectivity index (χ2v) is 18.3. The Balaban J connectivity index is 1.30. The van der Waals surface area contributed by atoms with Crippen molar-refractivity contribution < 1.29 is 34.1 Å². The predicted molar refractivity (Wildman–Crippen MR) is 217 cm³/mol. The highest BCUT2D eigenvalue weighted by Crippen LogP contribution is 2.63. The molecular formula is C45H72N4O7. The molecule has 0 bridgehead atoms. The van der Waals surface area contributed by atoms with Crippen LogP contribution in [0.15, 0.2) is 34.9 Å². The Labute approximate surface area is 335 Å². The number of ketones is 2. The fraction of sp³-hybridized carbons (Fsp3) is 0.800. The quantitative estimate of drug-likeness (QED) is 0.0349. The molecule has 2 heterocycles. The van der Waals surface area contributed by atoms with E-state index in [4.69, 9.17) is 9.47 Å². The predicted octanol–water partition coefficient (Wildman–Crippen LogP) is 4.87. The third kappa shape index (κ3) is 8.85. The van der Waals surface area contributed by atoms with Crippen molar-refractivity contribution in [3.05, 3.63) is 34.9 Å². The van der Waals surface area contributed by atoms with Crippen molar-refractivity contribution in [2.45, 2.75) is 147 Å². The molecule has 0 aromatic carbocycles. The van der Waals surface area contributed by atoms with Crippen LogP contribution in [0.3, 0.4) is 0 Å². The Bertz CT molecular complexity index is 1490. The minimum absolute atomic E-state index is 0.00680. The highest BCUT2D eigenvalue weighted by atomic mass is 16.7. The molecule has 0 radical (unpaired) electrons. The first kappa shape index (κ1) is 43.3. The van der Waals surface area contributed by atoms with E-state index in [1.807, 2.05) is 14.0 Å². The molecule has 0 spiro atoms. The number of carbonyl (C=O) groups is 3. The van der Waals surface area contributed by atoms with Gasteiger partial charge in [-0.3, -0.25) is 14.9 Å². The van der Waals surface area contributed by atoms with Gasteiger partial charge >= 0.3 is 5.97 Å². The number of aliphatic hydroxyl groups excluding tert-OH is 2. The van der Waals surface area contributed by atoms with Crippen LogP contribution in [0.4, 0.5) is 0 Å².